The Morgan fingerprint density at radius 2 is 2.00 bits per heavy atom. The van der Waals surface area contributed by atoms with Crippen LogP contribution in [0.4, 0.5) is 0 Å². The van der Waals surface area contributed by atoms with Crippen molar-refractivity contribution in [1.29, 1.82) is 0 Å². The van der Waals surface area contributed by atoms with Crippen LogP contribution in [0.15, 0.2) is 36.5 Å². The van der Waals surface area contributed by atoms with Gasteiger partial charge in [0.2, 0.25) is 0 Å². The third-order valence-electron chi connectivity index (χ3n) is 3.42. The second-order valence-electron chi connectivity index (χ2n) is 4.45. The number of aromatic nitrogens is 2. The van der Waals surface area contributed by atoms with Crippen LogP contribution >= 0.6 is 11.3 Å². The van der Waals surface area contributed by atoms with Gasteiger partial charge in [-0.15, -0.1) is 11.3 Å². The van der Waals surface area contributed by atoms with E-state index in [1.54, 1.807) is 0 Å². The molecular weight excluding hydrogens is 228 g/mol. The highest BCUT2D eigenvalue weighted by Crippen LogP contribution is 2.34. The van der Waals surface area contributed by atoms with E-state index in [9.17, 15) is 0 Å². The number of fused-ring (bicyclic) bond motifs is 3. The molecular formula is C14H12N2S. The van der Waals surface area contributed by atoms with Crippen LogP contribution in [0.5, 0.6) is 0 Å². The maximum atomic E-state index is 4.54. The van der Waals surface area contributed by atoms with Crippen LogP contribution in [-0.2, 0) is 12.8 Å². The van der Waals surface area contributed by atoms with Crippen molar-refractivity contribution in [3.63, 3.8) is 0 Å². The summed E-state index contributed by atoms with van der Waals surface area (Å²) in [5, 5.41) is 0. The average molecular weight is 240 g/mol. The molecule has 0 saturated heterocycles. The summed E-state index contributed by atoms with van der Waals surface area (Å²) in [6, 6.07) is 10.5. The Balaban J connectivity index is 2.03. The number of thiazole rings is 1. The average Bonchev–Trinajstić information content (AvgIpc) is 3.00. The number of hydrogen-bond donors (Lipinski definition) is 0. The van der Waals surface area contributed by atoms with E-state index in [0.29, 0.717) is 0 Å². The summed E-state index contributed by atoms with van der Waals surface area (Å²) in [5.41, 5.74) is 3.98. The number of benzene rings is 1. The van der Waals surface area contributed by atoms with Crippen LogP contribution in [0, 0.1) is 0 Å². The Morgan fingerprint density at radius 1 is 1.12 bits per heavy atom. The minimum Gasteiger partial charge on any atom is -0.287 e. The minimum absolute atomic E-state index is 1.15. The van der Waals surface area contributed by atoms with Gasteiger partial charge in [0.05, 0.1) is 11.9 Å². The molecule has 0 atom stereocenters. The predicted octanol–water partition coefficient (Wildman–Crippen LogP) is 3.55. The van der Waals surface area contributed by atoms with Gasteiger partial charge in [-0.1, -0.05) is 30.3 Å². The van der Waals surface area contributed by atoms with Crippen molar-refractivity contribution < 1.29 is 0 Å². The maximum absolute atomic E-state index is 4.54. The van der Waals surface area contributed by atoms with Crippen LogP contribution in [0.2, 0.25) is 0 Å². The quantitative estimate of drug-likeness (QED) is 0.636. The standard InChI is InChI=1S/C14H12N2S/c1-2-5-10(6-3-1)12-9-15-14-16(12)11-7-4-8-13(11)17-14/h1-3,5-6,9H,4,7-8H2. The highest BCUT2D eigenvalue weighted by molar-refractivity contribution is 7.17. The maximum Gasteiger partial charge on any atom is 0.194 e. The summed E-state index contributed by atoms with van der Waals surface area (Å²) in [4.78, 5) is 7.22. The third-order valence-corrected chi connectivity index (χ3v) is 4.58. The largest absolute Gasteiger partial charge is 0.287 e. The first-order chi connectivity index (χ1) is 8.43. The first-order valence-corrected chi connectivity index (χ1v) is 6.78. The molecule has 0 amide bonds. The molecule has 2 heterocycles. The third kappa shape index (κ3) is 1.29. The van der Waals surface area contributed by atoms with Gasteiger partial charge >= 0.3 is 0 Å². The lowest BCUT2D eigenvalue weighted by Crippen LogP contribution is -1.91. The smallest absolute Gasteiger partial charge is 0.194 e. The molecule has 17 heavy (non-hydrogen) atoms. The zero-order chi connectivity index (χ0) is 11.2. The van der Waals surface area contributed by atoms with E-state index in [4.69, 9.17) is 0 Å². The Bertz CT molecular complexity index is 679. The topological polar surface area (TPSA) is 17.3 Å². The van der Waals surface area contributed by atoms with Crippen molar-refractivity contribution in [1.82, 2.24) is 9.38 Å². The summed E-state index contributed by atoms with van der Waals surface area (Å²) in [6.45, 7) is 0. The molecule has 0 aliphatic heterocycles. The van der Waals surface area contributed by atoms with Crippen molar-refractivity contribution in [3.05, 3.63) is 47.1 Å². The fraction of sp³-hybridized carbons (Fsp3) is 0.214. The van der Waals surface area contributed by atoms with Crippen molar-refractivity contribution in [2.75, 3.05) is 0 Å². The van der Waals surface area contributed by atoms with Crippen LogP contribution in [0.3, 0.4) is 0 Å². The number of imidazole rings is 1. The molecule has 0 saturated carbocycles. The first-order valence-electron chi connectivity index (χ1n) is 5.97. The van der Waals surface area contributed by atoms with Gasteiger partial charge in [-0.2, -0.15) is 0 Å². The lowest BCUT2D eigenvalue weighted by Gasteiger charge is -2.01. The first kappa shape index (κ1) is 9.42. The number of aryl methyl sites for hydroxylation is 2. The van der Waals surface area contributed by atoms with Gasteiger partial charge in [-0.25, -0.2) is 4.98 Å². The van der Waals surface area contributed by atoms with Gasteiger partial charge in [0.25, 0.3) is 0 Å². The highest BCUT2D eigenvalue weighted by atomic mass is 32.1. The van der Waals surface area contributed by atoms with Gasteiger partial charge in [0.15, 0.2) is 4.96 Å². The van der Waals surface area contributed by atoms with Crippen molar-refractivity contribution in [2.45, 2.75) is 19.3 Å². The Labute approximate surface area is 104 Å². The predicted molar refractivity (Wildman–Crippen MR) is 70.5 cm³/mol. The molecule has 0 spiro atoms. The van der Waals surface area contributed by atoms with E-state index in [-0.39, 0.29) is 0 Å². The van der Waals surface area contributed by atoms with E-state index in [0.717, 1.165) is 4.96 Å². The van der Waals surface area contributed by atoms with Gasteiger partial charge in [0.1, 0.15) is 0 Å². The molecule has 3 heteroatoms. The second-order valence-corrected chi connectivity index (χ2v) is 5.52. The normalized spacial score (nSPS) is 14.4. The molecule has 1 aliphatic rings. The monoisotopic (exact) mass is 240 g/mol. The molecule has 0 N–H and O–H groups in total. The van der Waals surface area contributed by atoms with Crippen LogP contribution in [0.1, 0.15) is 17.0 Å². The molecule has 84 valence electrons. The summed E-state index contributed by atoms with van der Waals surface area (Å²) in [6.07, 6.45) is 5.73. The summed E-state index contributed by atoms with van der Waals surface area (Å²) in [5.74, 6) is 0. The molecule has 0 fully saturated rings. The molecule has 0 unspecified atom stereocenters. The molecule has 1 aliphatic carbocycles. The fourth-order valence-electron chi connectivity index (χ4n) is 2.64. The summed E-state index contributed by atoms with van der Waals surface area (Å²) in [7, 11) is 0. The van der Waals surface area contributed by atoms with E-state index < -0.39 is 0 Å². The van der Waals surface area contributed by atoms with Gasteiger partial charge in [-0.05, 0) is 19.3 Å². The molecule has 1 aromatic carbocycles. The lowest BCUT2D eigenvalue weighted by atomic mass is 10.2. The van der Waals surface area contributed by atoms with E-state index in [1.165, 1.54) is 41.1 Å². The minimum atomic E-state index is 1.15. The van der Waals surface area contributed by atoms with E-state index in [1.807, 2.05) is 17.5 Å². The molecule has 3 aromatic rings. The van der Waals surface area contributed by atoms with Crippen molar-refractivity contribution in [3.8, 4) is 11.3 Å². The van der Waals surface area contributed by atoms with Gasteiger partial charge < -0.3 is 0 Å². The zero-order valence-corrected chi connectivity index (χ0v) is 10.2. The SMILES string of the molecule is c1ccc(-c2cnc3sc4c(n23)CCC4)cc1. The lowest BCUT2D eigenvalue weighted by molar-refractivity contribution is 0.889. The highest BCUT2D eigenvalue weighted by Gasteiger charge is 2.20. The molecule has 2 nitrogen and oxygen atoms in total. The second kappa shape index (κ2) is 3.44. The molecule has 4 rings (SSSR count). The number of nitrogens with zero attached hydrogens (tertiary/aromatic N) is 2. The number of hydrogen-bond acceptors (Lipinski definition) is 2. The number of rotatable bonds is 1. The van der Waals surface area contributed by atoms with Crippen LogP contribution in [0.25, 0.3) is 16.2 Å². The van der Waals surface area contributed by atoms with Crippen molar-refractivity contribution >= 4 is 16.3 Å². The fourth-order valence-corrected chi connectivity index (χ4v) is 3.82. The molecule has 0 bridgehead atoms. The van der Waals surface area contributed by atoms with Gasteiger partial charge in [-0.3, -0.25) is 4.40 Å². The molecule has 2 aromatic heterocycles. The summed E-state index contributed by atoms with van der Waals surface area (Å²) < 4.78 is 2.35. The van der Waals surface area contributed by atoms with Crippen molar-refractivity contribution in [2.24, 2.45) is 0 Å². The van der Waals surface area contributed by atoms with Gasteiger partial charge in [0, 0.05) is 16.1 Å². The van der Waals surface area contributed by atoms with Crippen LogP contribution in [-0.4, -0.2) is 9.38 Å². The zero-order valence-electron chi connectivity index (χ0n) is 9.39. The Morgan fingerprint density at radius 3 is 2.88 bits per heavy atom. The molecule has 0 radical (unpaired) electrons. The van der Waals surface area contributed by atoms with Crippen LogP contribution < -0.4 is 0 Å². The summed E-state index contributed by atoms with van der Waals surface area (Å²) >= 11 is 1.85. The Hall–Kier alpha value is -1.61. The van der Waals surface area contributed by atoms with E-state index in [2.05, 4.69) is 39.7 Å². The Kier molecular flexibility index (Phi) is 1.91. The van der Waals surface area contributed by atoms with E-state index >= 15 is 0 Å².